The molecule has 1 heterocycles. The van der Waals surface area contributed by atoms with Gasteiger partial charge in [-0.25, -0.2) is 8.42 Å². The van der Waals surface area contributed by atoms with E-state index in [2.05, 4.69) is 12.2 Å². The molecule has 0 unspecified atom stereocenters. The van der Waals surface area contributed by atoms with E-state index < -0.39 is 10.0 Å². The summed E-state index contributed by atoms with van der Waals surface area (Å²) in [5.74, 6) is 0.313. The van der Waals surface area contributed by atoms with Crippen LogP contribution in [0.5, 0.6) is 0 Å². The Bertz CT molecular complexity index is 918. The number of aryl methyl sites for hydroxylation is 1. The first-order valence-corrected chi connectivity index (χ1v) is 11.2. The van der Waals surface area contributed by atoms with E-state index in [4.69, 9.17) is 0 Å². The van der Waals surface area contributed by atoms with Crippen molar-refractivity contribution < 1.29 is 13.2 Å². The van der Waals surface area contributed by atoms with E-state index in [0.29, 0.717) is 31.1 Å². The van der Waals surface area contributed by atoms with Gasteiger partial charge in [-0.3, -0.25) is 4.79 Å². The topological polar surface area (TPSA) is 66.5 Å². The molecule has 28 heavy (non-hydrogen) atoms. The molecule has 0 atom stereocenters. The molecule has 0 spiro atoms. The number of hydrogen-bond acceptors (Lipinski definition) is 3. The molecule has 1 aliphatic heterocycles. The van der Waals surface area contributed by atoms with E-state index >= 15 is 0 Å². The van der Waals surface area contributed by atoms with Gasteiger partial charge in [0.05, 0.1) is 4.90 Å². The van der Waals surface area contributed by atoms with Gasteiger partial charge in [0.2, 0.25) is 10.0 Å². The molecule has 2 aromatic carbocycles. The van der Waals surface area contributed by atoms with Crippen LogP contribution in [-0.2, 0) is 16.4 Å². The first kappa shape index (κ1) is 20.6. The molecule has 1 N–H and O–H groups in total. The normalized spacial score (nSPS) is 16.1. The summed E-state index contributed by atoms with van der Waals surface area (Å²) in [5.41, 5.74) is 2.33. The highest BCUT2D eigenvalue weighted by Crippen LogP contribution is 2.25. The number of sulfonamides is 1. The average molecular weight is 401 g/mol. The van der Waals surface area contributed by atoms with E-state index in [-0.39, 0.29) is 10.8 Å². The summed E-state index contributed by atoms with van der Waals surface area (Å²) in [6.07, 6.45) is 2.48. The molecular formula is C22H28N2O3S. The quantitative estimate of drug-likeness (QED) is 0.808. The number of rotatable bonds is 6. The Morgan fingerprint density at radius 2 is 1.79 bits per heavy atom. The summed E-state index contributed by atoms with van der Waals surface area (Å²) >= 11 is 0. The Morgan fingerprint density at radius 3 is 2.46 bits per heavy atom. The molecule has 1 fully saturated rings. The summed E-state index contributed by atoms with van der Waals surface area (Å²) in [6, 6.07) is 14.8. The van der Waals surface area contributed by atoms with Crippen LogP contribution in [0.2, 0.25) is 0 Å². The van der Waals surface area contributed by atoms with Crippen LogP contribution in [0.25, 0.3) is 0 Å². The van der Waals surface area contributed by atoms with Gasteiger partial charge in [-0.05, 0) is 55.4 Å². The van der Waals surface area contributed by atoms with Crippen molar-refractivity contribution in [3.8, 4) is 0 Å². The second-order valence-corrected chi connectivity index (χ2v) is 9.49. The molecule has 0 aliphatic carbocycles. The molecule has 0 radical (unpaired) electrons. The lowest BCUT2D eigenvalue weighted by atomic mass is 10.0. The third-order valence-corrected chi connectivity index (χ3v) is 7.27. The highest BCUT2D eigenvalue weighted by Gasteiger charge is 2.28. The minimum atomic E-state index is -3.57. The van der Waals surface area contributed by atoms with Crippen molar-refractivity contribution in [3.05, 3.63) is 65.2 Å². The van der Waals surface area contributed by atoms with Gasteiger partial charge in [-0.15, -0.1) is 0 Å². The smallest absolute Gasteiger partial charge is 0.251 e. The van der Waals surface area contributed by atoms with Gasteiger partial charge in [-0.1, -0.05) is 43.3 Å². The maximum absolute atomic E-state index is 13.0. The number of piperidine rings is 1. The number of nitrogens with one attached hydrogen (secondary N) is 1. The Kier molecular flexibility index (Phi) is 6.52. The zero-order chi connectivity index (χ0) is 20.1. The Balaban J connectivity index is 1.71. The molecule has 6 heteroatoms. The summed E-state index contributed by atoms with van der Waals surface area (Å²) in [6.45, 7) is 5.55. The van der Waals surface area contributed by atoms with Crippen molar-refractivity contribution in [2.75, 3.05) is 19.6 Å². The maximum atomic E-state index is 13.0. The van der Waals surface area contributed by atoms with E-state index in [1.165, 1.54) is 10.4 Å². The Morgan fingerprint density at radius 1 is 1.11 bits per heavy atom. The van der Waals surface area contributed by atoms with Gasteiger partial charge in [0, 0.05) is 25.2 Å². The van der Waals surface area contributed by atoms with Crippen LogP contribution in [0.4, 0.5) is 0 Å². The zero-order valence-corrected chi connectivity index (χ0v) is 17.3. The van der Waals surface area contributed by atoms with E-state index in [0.717, 1.165) is 30.4 Å². The number of nitrogens with zero attached hydrogens (tertiary/aromatic N) is 1. The second-order valence-electron chi connectivity index (χ2n) is 7.55. The number of hydrogen-bond donors (Lipinski definition) is 1. The monoisotopic (exact) mass is 400 g/mol. The van der Waals surface area contributed by atoms with Crippen LogP contribution in [0.3, 0.4) is 0 Å². The summed E-state index contributed by atoms with van der Waals surface area (Å²) < 4.78 is 27.5. The minimum absolute atomic E-state index is 0.195. The molecule has 0 saturated carbocycles. The molecule has 5 nitrogen and oxygen atoms in total. The predicted octanol–water partition coefficient (Wildman–Crippen LogP) is 3.39. The van der Waals surface area contributed by atoms with E-state index in [9.17, 15) is 13.2 Å². The lowest BCUT2D eigenvalue weighted by Crippen LogP contribution is -2.38. The summed E-state index contributed by atoms with van der Waals surface area (Å²) in [5, 5.41) is 2.90. The van der Waals surface area contributed by atoms with E-state index in [1.807, 2.05) is 37.3 Å². The number of carbonyl (C=O) groups excluding carboxylic acids is 1. The van der Waals surface area contributed by atoms with Gasteiger partial charge in [0.1, 0.15) is 0 Å². The zero-order valence-electron chi connectivity index (χ0n) is 16.5. The highest BCUT2D eigenvalue weighted by atomic mass is 32.2. The third kappa shape index (κ3) is 4.80. The molecular weight excluding hydrogens is 372 g/mol. The molecule has 3 rings (SSSR count). The molecule has 1 amide bonds. The van der Waals surface area contributed by atoms with Gasteiger partial charge in [-0.2, -0.15) is 4.31 Å². The lowest BCUT2D eigenvalue weighted by molar-refractivity contribution is 0.0953. The standard InChI is InChI=1S/C22H28N2O3S/c1-17-11-14-24(15-12-17)28(26,27)20-9-8-18(2)21(16-20)22(25)23-13-10-19-6-4-3-5-7-19/h3-9,16-17H,10-15H2,1-2H3,(H,23,25). The molecule has 0 aromatic heterocycles. The van der Waals surface area contributed by atoms with Gasteiger partial charge >= 0.3 is 0 Å². The number of carbonyl (C=O) groups is 1. The van der Waals surface area contributed by atoms with Gasteiger partial charge in [0.15, 0.2) is 0 Å². The van der Waals surface area contributed by atoms with Crippen LogP contribution < -0.4 is 5.32 Å². The van der Waals surface area contributed by atoms with Gasteiger partial charge in [0.25, 0.3) is 5.91 Å². The first-order valence-electron chi connectivity index (χ1n) is 9.81. The summed E-state index contributed by atoms with van der Waals surface area (Å²) in [4.78, 5) is 12.8. The van der Waals surface area contributed by atoms with Crippen LogP contribution >= 0.6 is 0 Å². The highest BCUT2D eigenvalue weighted by molar-refractivity contribution is 7.89. The molecule has 150 valence electrons. The fourth-order valence-electron chi connectivity index (χ4n) is 3.44. The number of benzene rings is 2. The largest absolute Gasteiger partial charge is 0.352 e. The van der Waals surface area contributed by atoms with Crippen LogP contribution in [-0.4, -0.2) is 38.3 Å². The summed E-state index contributed by atoms with van der Waals surface area (Å²) in [7, 11) is -3.57. The van der Waals surface area contributed by atoms with Crippen molar-refractivity contribution in [2.45, 2.75) is 38.0 Å². The minimum Gasteiger partial charge on any atom is -0.352 e. The van der Waals surface area contributed by atoms with Crippen molar-refractivity contribution in [1.82, 2.24) is 9.62 Å². The number of amides is 1. The van der Waals surface area contributed by atoms with Crippen LogP contribution in [0.15, 0.2) is 53.4 Å². The third-order valence-electron chi connectivity index (χ3n) is 5.38. The average Bonchev–Trinajstić information content (AvgIpc) is 2.69. The molecule has 0 bridgehead atoms. The van der Waals surface area contributed by atoms with Crippen LogP contribution in [0.1, 0.15) is 41.3 Å². The van der Waals surface area contributed by atoms with E-state index in [1.54, 1.807) is 12.1 Å². The maximum Gasteiger partial charge on any atom is 0.251 e. The van der Waals surface area contributed by atoms with Crippen molar-refractivity contribution >= 4 is 15.9 Å². The van der Waals surface area contributed by atoms with Crippen molar-refractivity contribution in [1.29, 1.82) is 0 Å². The molecule has 1 aliphatic rings. The van der Waals surface area contributed by atoms with Crippen molar-refractivity contribution in [3.63, 3.8) is 0 Å². The second kappa shape index (κ2) is 8.88. The molecule has 2 aromatic rings. The fourth-order valence-corrected chi connectivity index (χ4v) is 4.94. The predicted molar refractivity (Wildman–Crippen MR) is 111 cm³/mol. The first-order chi connectivity index (χ1) is 13.4. The Hall–Kier alpha value is -2.18. The van der Waals surface area contributed by atoms with Crippen LogP contribution in [0, 0.1) is 12.8 Å². The SMILES string of the molecule is Cc1ccc(S(=O)(=O)N2CCC(C)CC2)cc1C(=O)NCCc1ccccc1. The fraction of sp³-hybridized carbons (Fsp3) is 0.409. The van der Waals surface area contributed by atoms with Gasteiger partial charge < -0.3 is 5.32 Å². The lowest BCUT2D eigenvalue weighted by Gasteiger charge is -2.29. The van der Waals surface area contributed by atoms with Crippen molar-refractivity contribution in [2.24, 2.45) is 5.92 Å². The Labute approximate surface area is 167 Å². The molecule has 1 saturated heterocycles.